The van der Waals surface area contributed by atoms with Crippen molar-refractivity contribution in [1.29, 1.82) is 0 Å². The van der Waals surface area contributed by atoms with E-state index in [1.807, 2.05) is 31.2 Å². The Morgan fingerprint density at radius 1 is 1.19 bits per heavy atom. The Bertz CT molecular complexity index is 792. The standard InChI is InChI=1S/C19H23N3O4/c1-14-5-4-6-16(11-14)26-10-9-21(3)13-19(23)20-17-8-7-15(2)12-18(17)22(24)25/h4-8,11-12H,9-10,13H2,1-3H3,(H,20,23). The number of rotatable bonds is 8. The lowest BCUT2D eigenvalue weighted by Crippen LogP contribution is -2.33. The number of likely N-dealkylation sites (N-methyl/N-ethyl adjacent to an activating group) is 1. The summed E-state index contributed by atoms with van der Waals surface area (Å²) < 4.78 is 5.66. The zero-order chi connectivity index (χ0) is 19.1. The average Bonchev–Trinajstić information content (AvgIpc) is 2.56. The number of hydrogen-bond acceptors (Lipinski definition) is 5. The molecule has 0 atom stereocenters. The number of nitrogens with zero attached hydrogens (tertiary/aromatic N) is 2. The molecule has 0 saturated heterocycles. The van der Waals surface area contributed by atoms with Crippen molar-refractivity contribution in [1.82, 2.24) is 4.90 Å². The van der Waals surface area contributed by atoms with E-state index in [4.69, 9.17) is 4.74 Å². The number of amides is 1. The van der Waals surface area contributed by atoms with Gasteiger partial charge >= 0.3 is 0 Å². The second kappa shape index (κ2) is 8.96. The van der Waals surface area contributed by atoms with Gasteiger partial charge in [0.05, 0.1) is 11.5 Å². The Morgan fingerprint density at radius 2 is 1.92 bits per heavy atom. The number of aryl methyl sites for hydroxylation is 2. The second-order valence-electron chi connectivity index (χ2n) is 6.23. The molecule has 0 aliphatic carbocycles. The van der Waals surface area contributed by atoms with Crippen LogP contribution in [0.2, 0.25) is 0 Å². The van der Waals surface area contributed by atoms with Crippen molar-refractivity contribution in [3.8, 4) is 5.75 Å². The van der Waals surface area contributed by atoms with Gasteiger partial charge in [-0.3, -0.25) is 19.8 Å². The predicted molar refractivity (Wildman–Crippen MR) is 101 cm³/mol. The maximum Gasteiger partial charge on any atom is 0.293 e. The molecular formula is C19H23N3O4. The minimum atomic E-state index is -0.498. The van der Waals surface area contributed by atoms with Gasteiger partial charge in [0, 0.05) is 12.6 Å². The van der Waals surface area contributed by atoms with E-state index in [9.17, 15) is 14.9 Å². The van der Waals surface area contributed by atoms with Crippen LogP contribution in [-0.2, 0) is 4.79 Å². The lowest BCUT2D eigenvalue weighted by Gasteiger charge is -2.17. The molecule has 0 heterocycles. The number of carbonyl (C=O) groups is 1. The Balaban J connectivity index is 1.83. The lowest BCUT2D eigenvalue weighted by atomic mass is 10.2. The lowest BCUT2D eigenvalue weighted by molar-refractivity contribution is -0.384. The molecule has 2 aromatic carbocycles. The van der Waals surface area contributed by atoms with Crippen molar-refractivity contribution in [3.63, 3.8) is 0 Å². The molecule has 2 aromatic rings. The highest BCUT2D eigenvalue weighted by atomic mass is 16.6. The molecular weight excluding hydrogens is 334 g/mol. The third-order valence-electron chi connectivity index (χ3n) is 3.77. The zero-order valence-electron chi connectivity index (χ0n) is 15.2. The van der Waals surface area contributed by atoms with E-state index in [2.05, 4.69) is 5.32 Å². The number of hydrogen-bond donors (Lipinski definition) is 1. The summed E-state index contributed by atoms with van der Waals surface area (Å²) in [6.07, 6.45) is 0. The van der Waals surface area contributed by atoms with Gasteiger partial charge in [0.25, 0.3) is 5.69 Å². The van der Waals surface area contributed by atoms with Crippen molar-refractivity contribution < 1.29 is 14.5 Å². The summed E-state index contributed by atoms with van der Waals surface area (Å²) >= 11 is 0. The first-order valence-corrected chi connectivity index (χ1v) is 8.28. The fourth-order valence-corrected chi connectivity index (χ4v) is 2.44. The molecule has 0 fully saturated rings. The minimum absolute atomic E-state index is 0.108. The highest BCUT2D eigenvalue weighted by Gasteiger charge is 2.16. The van der Waals surface area contributed by atoms with Crippen LogP contribution in [0.25, 0.3) is 0 Å². The Morgan fingerprint density at radius 3 is 2.62 bits per heavy atom. The second-order valence-corrected chi connectivity index (χ2v) is 6.23. The third-order valence-corrected chi connectivity index (χ3v) is 3.77. The summed E-state index contributed by atoms with van der Waals surface area (Å²) in [6, 6.07) is 12.5. The number of anilines is 1. The Labute approximate surface area is 152 Å². The van der Waals surface area contributed by atoms with Crippen LogP contribution < -0.4 is 10.1 Å². The van der Waals surface area contributed by atoms with Gasteiger partial charge in [-0.2, -0.15) is 0 Å². The van der Waals surface area contributed by atoms with Crippen molar-refractivity contribution in [2.24, 2.45) is 0 Å². The summed E-state index contributed by atoms with van der Waals surface area (Å²) in [5.41, 5.74) is 1.98. The number of nitro groups is 1. The van der Waals surface area contributed by atoms with Gasteiger partial charge in [-0.15, -0.1) is 0 Å². The molecule has 0 aliphatic heterocycles. The number of benzene rings is 2. The van der Waals surface area contributed by atoms with Gasteiger partial charge in [0.15, 0.2) is 0 Å². The summed E-state index contributed by atoms with van der Waals surface area (Å²) in [6.45, 7) is 4.87. The van der Waals surface area contributed by atoms with E-state index < -0.39 is 4.92 Å². The Kier molecular flexibility index (Phi) is 6.68. The van der Waals surface area contributed by atoms with Crippen LogP contribution in [0.1, 0.15) is 11.1 Å². The topological polar surface area (TPSA) is 84.7 Å². The van der Waals surface area contributed by atoms with E-state index in [0.717, 1.165) is 16.9 Å². The molecule has 2 rings (SSSR count). The molecule has 0 saturated carbocycles. The van der Waals surface area contributed by atoms with Gasteiger partial charge in [-0.25, -0.2) is 0 Å². The van der Waals surface area contributed by atoms with Crippen molar-refractivity contribution in [3.05, 3.63) is 63.7 Å². The predicted octanol–water partition coefficient (Wildman–Crippen LogP) is 3.16. The highest BCUT2D eigenvalue weighted by molar-refractivity contribution is 5.94. The molecule has 0 radical (unpaired) electrons. The molecule has 0 spiro atoms. The molecule has 1 amide bonds. The zero-order valence-corrected chi connectivity index (χ0v) is 15.2. The maximum atomic E-state index is 12.1. The smallest absolute Gasteiger partial charge is 0.293 e. The monoisotopic (exact) mass is 357 g/mol. The van der Waals surface area contributed by atoms with E-state index in [1.165, 1.54) is 6.07 Å². The molecule has 0 bridgehead atoms. The number of ether oxygens (including phenoxy) is 1. The van der Waals surface area contributed by atoms with Crippen LogP contribution in [0.3, 0.4) is 0 Å². The van der Waals surface area contributed by atoms with Gasteiger partial charge in [-0.05, 0) is 50.2 Å². The largest absolute Gasteiger partial charge is 0.492 e. The highest BCUT2D eigenvalue weighted by Crippen LogP contribution is 2.25. The number of nitro benzene ring substituents is 1. The van der Waals surface area contributed by atoms with Crippen molar-refractivity contribution >= 4 is 17.3 Å². The van der Waals surface area contributed by atoms with Crippen molar-refractivity contribution in [2.75, 3.05) is 32.1 Å². The summed E-state index contributed by atoms with van der Waals surface area (Å²) in [7, 11) is 1.79. The molecule has 138 valence electrons. The molecule has 26 heavy (non-hydrogen) atoms. The molecule has 0 aromatic heterocycles. The Hall–Kier alpha value is -2.93. The van der Waals surface area contributed by atoms with Crippen LogP contribution in [-0.4, -0.2) is 42.5 Å². The van der Waals surface area contributed by atoms with Gasteiger partial charge in [0.1, 0.15) is 18.0 Å². The molecule has 0 unspecified atom stereocenters. The van der Waals surface area contributed by atoms with E-state index in [0.29, 0.717) is 13.2 Å². The van der Waals surface area contributed by atoms with Crippen LogP contribution in [0.5, 0.6) is 5.75 Å². The van der Waals surface area contributed by atoms with Crippen LogP contribution in [0.4, 0.5) is 11.4 Å². The molecule has 7 heteroatoms. The first-order valence-electron chi connectivity index (χ1n) is 8.28. The van der Waals surface area contributed by atoms with Gasteiger partial charge < -0.3 is 10.1 Å². The van der Waals surface area contributed by atoms with Crippen LogP contribution in [0.15, 0.2) is 42.5 Å². The third kappa shape index (κ3) is 5.86. The van der Waals surface area contributed by atoms with Gasteiger partial charge in [-0.1, -0.05) is 18.2 Å². The normalized spacial score (nSPS) is 10.6. The van der Waals surface area contributed by atoms with Crippen molar-refractivity contribution in [2.45, 2.75) is 13.8 Å². The SMILES string of the molecule is Cc1cccc(OCCN(C)CC(=O)Nc2ccc(C)cc2[N+](=O)[O-])c1. The van der Waals surface area contributed by atoms with E-state index >= 15 is 0 Å². The fraction of sp³-hybridized carbons (Fsp3) is 0.316. The summed E-state index contributed by atoms with van der Waals surface area (Å²) in [4.78, 5) is 24.5. The fourth-order valence-electron chi connectivity index (χ4n) is 2.44. The minimum Gasteiger partial charge on any atom is -0.492 e. The number of carbonyl (C=O) groups excluding carboxylic acids is 1. The molecule has 1 N–H and O–H groups in total. The van der Waals surface area contributed by atoms with E-state index in [1.54, 1.807) is 31.0 Å². The molecule has 0 aliphatic rings. The van der Waals surface area contributed by atoms with Gasteiger partial charge in [0.2, 0.25) is 5.91 Å². The van der Waals surface area contributed by atoms with E-state index in [-0.39, 0.29) is 23.8 Å². The summed E-state index contributed by atoms with van der Waals surface area (Å²) in [5.74, 6) is 0.480. The molecule has 7 nitrogen and oxygen atoms in total. The first-order chi connectivity index (χ1) is 12.3. The quantitative estimate of drug-likeness (QED) is 0.579. The average molecular weight is 357 g/mol. The maximum absolute atomic E-state index is 12.1. The summed E-state index contributed by atoms with van der Waals surface area (Å²) in [5, 5.41) is 13.7. The van der Waals surface area contributed by atoms with Crippen LogP contribution >= 0.6 is 0 Å². The van der Waals surface area contributed by atoms with Crippen LogP contribution in [0, 0.1) is 24.0 Å². The first kappa shape index (κ1) is 19.4. The number of nitrogens with one attached hydrogen (secondary N) is 1.